The number of carbonyl (C=O) groups is 1. The molecule has 0 atom stereocenters. The maximum absolute atomic E-state index is 13.1. The Balaban J connectivity index is 1.49. The van der Waals surface area contributed by atoms with Crippen molar-refractivity contribution in [3.63, 3.8) is 0 Å². The highest BCUT2D eigenvalue weighted by Gasteiger charge is 2.33. The number of nitro benzene ring substituents is 1. The van der Waals surface area contributed by atoms with Crippen molar-refractivity contribution in [2.24, 2.45) is 0 Å². The first-order valence-electron chi connectivity index (χ1n) is 10.4. The monoisotopic (exact) mass is 443 g/mol. The van der Waals surface area contributed by atoms with Crippen molar-refractivity contribution in [2.75, 3.05) is 26.2 Å². The topological polar surface area (TPSA) is 101 Å². The molecule has 4 rings (SSSR count). The van der Waals surface area contributed by atoms with Crippen LogP contribution >= 0.6 is 0 Å². The highest BCUT2D eigenvalue weighted by Crippen LogP contribution is 2.28. The third kappa shape index (κ3) is 4.07. The number of piperazine rings is 1. The second-order valence-corrected chi connectivity index (χ2v) is 10.0. The number of sulfonamides is 1. The minimum absolute atomic E-state index is 0.0380. The van der Waals surface area contributed by atoms with Crippen LogP contribution in [0.15, 0.2) is 41.3 Å². The first-order valence-corrected chi connectivity index (χ1v) is 11.9. The zero-order valence-electron chi connectivity index (χ0n) is 17.4. The van der Waals surface area contributed by atoms with E-state index in [4.69, 9.17) is 0 Å². The Morgan fingerprint density at radius 1 is 1.00 bits per heavy atom. The van der Waals surface area contributed by atoms with E-state index in [0.717, 1.165) is 31.2 Å². The molecule has 164 valence electrons. The van der Waals surface area contributed by atoms with E-state index in [0.29, 0.717) is 10.5 Å². The van der Waals surface area contributed by atoms with Crippen LogP contribution in [-0.4, -0.2) is 54.6 Å². The van der Waals surface area contributed by atoms with E-state index in [1.54, 1.807) is 31.2 Å². The number of aryl methyl sites for hydroxylation is 3. The lowest BCUT2D eigenvalue weighted by atomic mass is 9.92. The smallest absolute Gasteiger partial charge is 0.285 e. The fraction of sp³-hybridized carbons (Fsp3) is 0.409. The largest absolute Gasteiger partial charge is 0.336 e. The molecule has 9 heteroatoms. The van der Waals surface area contributed by atoms with Gasteiger partial charge in [0.15, 0.2) is 0 Å². The van der Waals surface area contributed by atoms with Crippen molar-refractivity contribution >= 4 is 21.6 Å². The number of para-hydroxylation sites is 1. The molecule has 2 aliphatic rings. The Kier molecular flexibility index (Phi) is 5.81. The molecule has 0 N–H and O–H groups in total. The van der Waals surface area contributed by atoms with E-state index in [1.807, 2.05) is 6.07 Å². The van der Waals surface area contributed by atoms with Gasteiger partial charge in [0, 0.05) is 31.7 Å². The van der Waals surface area contributed by atoms with Gasteiger partial charge in [0.25, 0.3) is 11.6 Å². The number of fused-ring (bicyclic) bond motifs is 1. The van der Waals surface area contributed by atoms with E-state index in [1.165, 1.54) is 20.8 Å². The van der Waals surface area contributed by atoms with Crippen LogP contribution < -0.4 is 0 Å². The predicted octanol–water partition coefficient (Wildman–Crippen LogP) is 2.93. The Bertz CT molecular complexity index is 1140. The van der Waals surface area contributed by atoms with Crippen LogP contribution in [-0.2, 0) is 22.9 Å². The minimum atomic E-state index is -3.65. The average molecular weight is 444 g/mol. The molecule has 0 unspecified atom stereocenters. The second kappa shape index (κ2) is 8.39. The normalized spacial score (nSPS) is 17.3. The summed E-state index contributed by atoms with van der Waals surface area (Å²) in [4.78, 5) is 25.6. The highest BCUT2D eigenvalue weighted by atomic mass is 32.2. The molecule has 0 spiro atoms. The molecule has 0 bridgehead atoms. The second-order valence-electron chi connectivity index (χ2n) is 8.06. The van der Waals surface area contributed by atoms with Crippen LogP contribution in [0.3, 0.4) is 0 Å². The van der Waals surface area contributed by atoms with Gasteiger partial charge in [-0.25, -0.2) is 8.42 Å². The van der Waals surface area contributed by atoms with Gasteiger partial charge in [0.2, 0.25) is 10.0 Å². The molecule has 1 heterocycles. The molecule has 2 aromatic rings. The standard InChI is InChI=1S/C22H25N3O5S/c1-16-5-4-8-20(21(16)25(27)28)22(26)23-11-13-24(14-12-23)31(29,30)19-10-9-17-6-2-3-7-18(17)15-19/h4-5,8-10,15H,2-3,6-7,11-14H2,1H3. The van der Waals surface area contributed by atoms with Crippen molar-refractivity contribution in [3.05, 3.63) is 68.8 Å². The molecule has 8 nitrogen and oxygen atoms in total. The summed E-state index contributed by atoms with van der Waals surface area (Å²) in [5.41, 5.74) is 2.59. The summed E-state index contributed by atoms with van der Waals surface area (Å²) < 4.78 is 27.7. The number of rotatable bonds is 4. The highest BCUT2D eigenvalue weighted by molar-refractivity contribution is 7.89. The Hall–Kier alpha value is -2.78. The van der Waals surface area contributed by atoms with Gasteiger partial charge in [0.1, 0.15) is 5.56 Å². The summed E-state index contributed by atoms with van der Waals surface area (Å²) in [6.07, 6.45) is 4.09. The maximum atomic E-state index is 13.1. The number of hydrogen-bond acceptors (Lipinski definition) is 5. The lowest BCUT2D eigenvalue weighted by Gasteiger charge is -2.34. The molecule has 1 aliphatic heterocycles. The van der Waals surface area contributed by atoms with Gasteiger partial charge in [-0.3, -0.25) is 14.9 Å². The van der Waals surface area contributed by atoms with E-state index >= 15 is 0 Å². The maximum Gasteiger partial charge on any atom is 0.285 e. The summed E-state index contributed by atoms with van der Waals surface area (Å²) in [7, 11) is -3.65. The number of amides is 1. The van der Waals surface area contributed by atoms with Gasteiger partial charge in [0.05, 0.1) is 9.82 Å². The van der Waals surface area contributed by atoms with Crippen LogP contribution in [0.1, 0.15) is 39.9 Å². The van der Waals surface area contributed by atoms with Crippen LogP contribution in [0.4, 0.5) is 5.69 Å². The fourth-order valence-electron chi connectivity index (χ4n) is 4.40. The van der Waals surface area contributed by atoms with Crippen LogP contribution in [0.2, 0.25) is 0 Å². The SMILES string of the molecule is Cc1cccc(C(=O)N2CCN(S(=O)(=O)c3ccc4c(c3)CCCC4)CC2)c1[N+](=O)[O-]. The van der Waals surface area contributed by atoms with E-state index in [2.05, 4.69) is 0 Å². The summed E-state index contributed by atoms with van der Waals surface area (Å²) >= 11 is 0. The van der Waals surface area contributed by atoms with Gasteiger partial charge < -0.3 is 4.90 Å². The lowest BCUT2D eigenvalue weighted by Crippen LogP contribution is -2.50. The molecule has 1 saturated heterocycles. The Labute approximate surface area is 181 Å². The molecule has 1 aliphatic carbocycles. The quantitative estimate of drug-likeness (QED) is 0.534. The first-order chi connectivity index (χ1) is 14.8. The van der Waals surface area contributed by atoms with Crippen LogP contribution in [0.5, 0.6) is 0 Å². The number of carbonyl (C=O) groups excluding carboxylic acids is 1. The molecule has 1 fully saturated rings. The van der Waals surface area contributed by atoms with Gasteiger partial charge in [-0.05, 0) is 61.9 Å². The number of benzene rings is 2. The van der Waals surface area contributed by atoms with E-state index < -0.39 is 20.9 Å². The first kappa shape index (κ1) is 21.5. The number of hydrogen-bond donors (Lipinski definition) is 0. The van der Waals surface area contributed by atoms with Crippen molar-refractivity contribution in [1.82, 2.24) is 9.21 Å². The summed E-state index contributed by atoms with van der Waals surface area (Å²) in [5, 5.41) is 11.4. The third-order valence-corrected chi connectivity index (χ3v) is 8.03. The van der Waals surface area contributed by atoms with Crippen LogP contribution in [0.25, 0.3) is 0 Å². The minimum Gasteiger partial charge on any atom is -0.336 e. The van der Waals surface area contributed by atoms with Gasteiger partial charge in [-0.15, -0.1) is 0 Å². The number of nitro groups is 1. The third-order valence-electron chi connectivity index (χ3n) is 6.13. The molecule has 2 aromatic carbocycles. The van der Waals surface area contributed by atoms with Crippen LogP contribution in [0, 0.1) is 17.0 Å². The van der Waals surface area contributed by atoms with Crippen molar-refractivity contribution < 1.29 is 18.1 Å². The molecule has 0 aromatic heterocycles. The van der Waals surface area contributed by atoms with Crippen molar-refractivity contribution in [1.29, 1.82) is 0 Å². The molecule has 1 amide bonds. The summed E-state index contributed by atoms with van der Waals surface area (Å²) in [6.45, 7) is 2.29. The number of nitrogens with zero attached hydrogens (tertiary/aromatic N) is 3. The molecule has 0 saturated carbocycles. The summed E-state index contributed by atoms with van der Waals surface area (Å²) in [5.74, 6) is -0.443. The van der Waals surface area contributed by atoms with E-state index in [9.17, 15) is 23.3 Å². The average Bonchev–Trinajstić information content (AvgIpc) is 2.78. The fourth-order valence-corrected chi connectivity index (χ4v) is 5.87. The zero-order valence-corrected chi connectivity index (χ0v) is 18.2. The lowest BCUT2D eigenvalue weighted by molar-refractivity contribution is -0.385. The van der Waals surface area contributed by atoms with Gasteiger partial charge >= 0.3 is 0 Å². The molecule has 0 radical (unpaired) electrons. The molecule has 31 heavy (non-hydrogen) atoms. The zero-order chi connectivity index (χ0) is 22.2. The Morgan fingerprint density at radius 2 is 1.68 bits per heavy atom. The van der Waals surface area contributed by atoms with Crippen molar-refractivity contribution in [2.45, 2.75) is 37.5 Å². The van der Waals surface area contributed by atoms with Crippen molar-refractivity contribution in [3.8, 4) is 0 Å². The van der Waals surface area contributed by atoms with E-state index in [-0.39, 0.29) is 37.4 Å². The summed E-state index contributed by atoms with van der Waals surface area (Å²) in [6, 6.07) is 10.0. The predicted molar refractivity (Wildman–Crippen MR) is 116 cm³/mol. The molecular weight excluding hydrogens is 418 g/mol. The van der Waals surface area contributed by atoms with Gasteiger partial charge in [-0.2, -0.15) is 4.31 Å². The van der Waals surface area contributed by atoms with Gasteiger partial charge in [-0.1, -0.05) is 18.2 Å². The molecular formula is C22H25N3O5S. The Morgan fingerprint density at radius 3 is 2.35 bits per heavy atom.